The molecule has 1 aliphatic carbocycles. The molecule has 5 nitrogen and oxygen atoms in total. The summed E-state index contributed by atoms with van der Waals surface area (Å²) in [6.07, 6.45) is 3.56. The van der Waals surface area contributed by atoms with Gasteiger partial charge in [0.15, 0.2) is 0 Å². The summed E-state index contributed by atoms with van der Waals surface area (Å²) in [7, 11) is 0. The lowest BCUT2D eigenvalue weighted by Gasteiger charge is -2.38. The normalized spacial score (nSPS) is 23.1. The number of anilines is 1. The van der Waals surface area contributed by atoms with Crippen molar-refractivity contribution in [3.05, 3.63) is 23.8 Å². The second kappa shape index (κ2) is 8.35. The predicted molar refractivity (Wildman–Crippen MR) is 97.5 cm³/mol. The van der Waals surface area contributed by atoms with Gasteiger partial charge in [0.1, 0.15) is 17.4 Å². The molecular weight excluding hydrogens is 316 g/mol. The third-order valence-corrected chi connectivity index (χ3v) is 4.51. The number of hydrogen-bond donors (Lipinski definition) is 1. The number of carbonyl (C=O) groups excluding carboxylic acids is 1. The van der Waals surface area contributed by atoms with Crippen molar-refractivity contribution < 1.29 is 14.3 Å². The molecule has 1 saturated carbocycles. The van der Waals surface area contributed by atoms with E-state index in [9.17, 15) is 10.1 Å². The monoisotopic (exact) mass is 344 g/mol. The Bertz CT molecular complexity index is 647. The number of benzene rings is 1. The molecule has 0 heterocycles. The zero-order valence-electron chi connectivity index (χ0n) is 15.6. The van der Waals surface area contributed by atoms with E-state index >= 15 is 0 Å². The highest BCUT2D eigenvalue weighted by Crippen LogP contribution is 2.36. The second-order valence-electron chi connectivity index (χ2n) is 7.07. The number of nitriles is 1. The number of nitrogens with one attached hydrogen (secondary N) is 1. The Balaban J connectivity index is 2.19. The van der Waals surface area contributed by atoms with Crippen LogP contribution in [0.3, 0.4) is 0 Å². The summed E-state index contributed by atoms with van der Waals surface area (Å²) in [5.41, 5.74) is 0.232. The fraction of sp³-hybridized carbons (Fsp3) is 0.600. The highest BCUT2D eigenvalue weighted by Gasteiger charge is 2.42. The van der Waals surface area contributed by atoms with Crippen molar-refractivity contribution >= 4 is 11.6 Å². The molecule has 0 radical (unpaired) electrons. The van der Waals surface area contributed by atoms with Crippen LogP contribution in [0.5, 0.6) is 5.75 Å². The predicted octanol–water partition coefficient (Wildman–Crippen LogP) is 4.27. The zero-order valence-corrected chi connectivity index (χ0v) is 15.6. The first-order valence-electron chi connectivity index (χ1n) is 9.06. The van der Waals surface area contributed by atoms with E-state index in [1.165, 1.54) is 0 Å². The fourth-order valence-electron chi connectivity index (χ4n) is 3.48. The Hall–Kier alpha value is -2.06. The summed E-state index contributed by atoms with van der Waals surface area (Å²) < 4.78 is 11.5. The quantitative estimate of drug-likeness (QED) is 0.836. The van der Waals surface area contributed by atoms with Gasteiger partial charge in [0.2, 0.25) is 0 Å². The van der Waals surface area contributed by atoms with Gasteiger partial charge in [-0.15, -0.1) is 0 Å². The summed E-state index contributed by atoms with van der Waals surface area (Å²) in [5, 5.41) is 12.3. The van der Waals surface area contributed by atoms with Crippen LogP contribution in [0.4, 0.5) is 5.69 Å². The number of ether oxygens (including phenoxy) is 2. The average Bonchev–Trinajstić information content (AvgIpc) is 2.56. The number of hydrogen-bond acceptors (Lipinski definition) is 4. The van der Waals surface area contributed by atoms with E-state index in [1.807, 2.05) is 20.8 Å². The summed E-state index contributed by atoms with van der Waals surface area (Å²) in [6.45, 7) is 8.40. The van der Waals surface area contributed by atoms with Gasteiger partial charge in [-0.25, -0.2) is 0 Å². The smallest absolute Gasteiger partial charge is 0.256 e. The minimum absolute atomic E-state index is 0.0162. The first-order chi connectivity index (χ1) is 11.9. The molecule has 0 aliphatic heterocycles. The lowest BCUT2D eigenvalue weighted by molar-refractivity contribution is -0.147. The van der Waals surface area contributed by atoms with Gasteiger partial charge < -0.3 is 14.8 Å². The van der Waals surface area contributed by atoms with Crippen LogP contribution >= 0.6 is 0 Å². The lowest BCUT2D eigenvalue weighted by Crippen LogP contribution is -2.48. The van der Waals surface area contributed by atoms with Gasteiger partial charge in [0.25, 0.3) is 5.91 Å². The molecule has 1 fully saturated rings. The van der Waals surface area contributed by atoms with Gasteiger partial charge >= 0.3 is 0 Å². The van der Waals surface area contributed by atoms with Crippen molar-refractivity contribution in [2.24, 2.45) is 5.92 Å². The first kappa shape index (κ1) is 19.3. The molecule has 0 bridgehead atoms. The molecule has 1 N–H and O–H groups in total. The van der Waals surface area contributed by atoms with Crippen LogP contribution in [0.1, 0.15) is 58.9 Å². The summed E-state index contributed by atoms with van der Waals surface area (Å²) in [6, 6.07) is 7.28. The Kier molecular flexibility index (Phi) is 6.44. The number of carbonyl (C=O) groups is 1. The first-order valence-corrected chi connectivity index (χ1v) is 9.06. The summed E-state index contributed by atoms with van der Waals surface area (Å²) in [5.74, 6) is 0.867. The molecule has 0 spiro atoms. The number of amides is 1. The maximum Gasteiger partial charge on any atom is 0.256 e. The van der Waals surface area contributed by atoms with Gasteiger partial charge in [-0.2, -0.15) is 5.26 Å². The van der Waals surface area contributed by atoms with Gasteiger partial charge in [-0.3, -0.25) is 4.79 Å². The topological polar surface area (TPSA) is 71.3 Å². The Morgan fingerprint density at radius 2 is 2.24 bits per heavy atom. The highest BCUT2D eigenvalue weighted by molar-refractivity contribution is 5.97. The fourth-order valence-corrected chi connectivity index (χ4v) is 3.48. The van der Waals surface area contributed by atoms with Crippen molar-refractivity contribution in [3.63, 3.8) is 0 Å². The highest BCUT2D eigenvalue weighted by atomic mass is 16.5. The van der Waals surface area contributed by atoms with Crippen molar-refractivity contribution in [3.8, 4) is 11.8 Å². The van der Waals surface area contributed by atoms with Gasteiger partial charge in [0.05, 0.1) is 11.7 Å². The third kappa shape index (κ3) is 4.73. The molecule has 1 aromatic carbocycles. The molecular formula is C20H28N2O3. The molecule has 136 valence electrons. The molecule has 0 aromatic heterocycles. The Morgan fingerprint density at radius 3 is 2.84 bits per heavy atom. The van der Waals surface area contributed by atoms with Crippen LogP contribution in [0, 0.1) is 17.2 Å². The van der Waals surface area contributed by atoms with Crippen LogP contribution in [-0.2, 0) is 9.53 Å². The molecule has 1 aliphatic rings. The van der Waals surface area contributed by atoms with Crippen LogP contribution in [0.25, 0.3) is 0 Å². The molecule has 1 amide bonds. The summed E-state index contributed by atoms with van der Waals surface area (Å²) in [4.78, 5) is 12.9. The standard InChI is InChI=1S/C20H28N2O3/c1-5-24-20(10-6-7-15(4)12-20)19(23)22-17-8-9-18(25-14(2)3)16(11-17)13-21/h8-9,11,14-15H,5-7,10,12H2,1-4H3,(H,22,23)/t15-,20-/m0/s1. The van der Waals surface area contributed by atoms with Crippen LogP contribution < -0.4 is 10.1 Å². The van der Waals surface area contributed by atoms with E-state index in [2.05, 4.69) is 18.3 Å². The van der Waals surface area contributed by atoms with E-state index in [0.717, 1.165) is 25.7 Å². The van der Waals surface area contributed by atoms with Crippen molar-refractivity contribution in [2.75, 3.05) is 11.9 Å². The lowest BCUT2D eigenvalue weighted by atomic mass is 9.78. The molecule has 2 rings (SSSR count). The molecule has 1 aromatic rings. The van der Waals surface area contributed by atoms with E-state index in [0.29, 0.717) is 29.5 Å². The largest absolute Gasteiger partial charge is 0.490 e. The zero-order chi connectivity index (χ0) is 18.4. The second-order valence-corrected chi connectivity index (χ2v) is 7.07. The molecule has 0 saturated heterocycles. The van der Waals surface area contributed by atoms with E-state index in [1.54, 1.807) is 18.2 Å². The Morgan fingerprint density at radius 1 is 1.48 bits per heavy atom. The van der Waals surface area contributed by atoms with Crippen LogP contribution in [0.15, 0.2) is 18.2 Å². The maximum absolute atomic E-state index is 12.9. The minimum Gasteiger partial charge on any atom is -0.490 e. The minimum atomic E-state index is -0.772. The average molecular weight is 344 g/mol. The van der Waals surface area contributed by atoms with Crippen molar-refractivity contribution in [2.45, 2.75) is 65.1 Å². The van der Waals surface area contributed by atoms with E-state index < -0.39 is 5.60 Å². The Labute approximate surface area is 150 Å². The number of rotatable bonds is 6. The van der Waals surface area contributed by atoms with Crippen molar-refractivity contribution in [1.29, 1.82) is 5.26 Å². The third-order valence-electron chi connectivity index (χ3n) is 4.51. The summed E-state index contributed by atoms with van der Waals surface area (Å²) >= 11 is 0. The van der Waals surface area contributed by atoms with E-state index in [-0.39, 0.29) is 12.0 Å². The molecule has 0 unspecified atom stereocenters. The van der Waals surface area contributed by atoms with E-state index in [4.69, 9.17) is 9.47 Å². The van der Waals surface area contributed by atoms with Crippen molar-refractivity contribution in [1.82, 2.24) is 0 Å². The van der Waals surface area contributed by atoms with Gasteiger partial charge in [-0.1, -0.05) is 13.3 Å². The maximum atomic E-state index is 12.9. The van der Waals surface area contributed by atoms with Gasteiger partial charge in [0, 0.05) is 12.3 Å². The van der Waals surface area contributed by atoms with Crippen LogP contribution in [-0.4, -0.2) is 24.2 Å². The SMILES string of the molecule is CCO[C@@]1(C(=O)Nc2ccc(OC(C)C)c(C#N)c2)CCC[C@H](C)C1. The van der Waals surface area contributed by atoms with Gasteiger partial charge in [-0.05, 0) is 64.2 Å². The molecule has 25 heavy (non-hydrogen) atoms. The molecule has 5 heteroatoms. The van der Waals surface area contributed by atoms with Crippen LogP contribution in [0.2, 0.25) is 0 Å². The molecule has 2 atom stereocenters. The number of nitrogens with zero attached hydrogens (tertiary/aromatic N) is 1.